The van der Waals surface area contributed by atoms with E-state index >= 15 is 0 Å². The average molecular weight is 425 g/mol. The largest absolute Gasteiger partial charge is 0.480 e. The second-order valence-corrected chi connectivity index (χ2v) is 8.45. The van der Waals surface area contributed by atoms with Gasteiger partial charge in [-0.1, -0.05) is 43.3 Å². The molecule has 3 aromatic rings. The number of hydrogen-bond donors (Lipinski definition) is 2. The number of aryl methyl sites for hydroxylation is 1. The molecule has 0 aliphatic rings. The lowest BCUT2D eigenvalue weighted by Gasteiger charge is -2.18. The Morgan fingerprint density at radius 1 is 0.900 bits per heavy atom. The van der Waals surface area contributed by atoms with Crippen LogP contribution in [0, 0.1) is 6.92 Å². The summed E-state index contributed by atoms with van der Waals surface area (Å²) in [6.07, 6.45) is -0.164. The number of anilines is 2. The summed E-state index contributed by atoms with van der Waals surface area (Å²) in [5, 5.41) is 2.78. The molecule has 0 unspecified atom stereocenters. The molecule has 0 spiro atoms. The van der Waals surface area contributed by atoms with Gasteiger partial charge in [0.15, 0.2) is 6.10 Å². The monoisotopic (exact) mass is 424 g/mol. The Balaban J connectivity index is 1.67. The first-order valence-electron chi connectivity index (χ1n) is 9.60. The van der Waals surface area contributed by atoms with Crippen molar-refractivity contribution in [2.45, 2.75) is 31.3 Å². The zero-order valence-corrected chi connectivity index (χ0v) is 17.6. The first-order valence-corrected chi connectivity index (χ1v) is 11.1. The molecule has 0 saturated heterocycles. The fraction of sp³-hybridized carbons (Fsp3) is 0.174. The van der Waals surface area contributed by atoms with Crippen LogP contribution in [0.25, 0.3) is 0 Å². The Bertz CT molecular complexity index is 1100. The quantitative estimate of drug-likeness (QED) is 0.554. The SMILES string of the molecule is CC[C@H](Oc1ccccc1C)C(=O)Nc1ccc(S(=O)(=O)Nc2ccccc2)cc1. The molecule has 0 aliphatic carbocycles. The van der Waals surface area contributed by atoms with Gasteiger partial charge in [-0.15, -0.1) is 0 Å². The number of amides is 1. The molecular weight excluding hydrogens is 400 g/mol. The molecule has 0 saturated carbocycles. The van der Waals surface area contributed by atoms with E-state index in [9.17, 15) is 13.2 Å². The first-order chi connectivity index (χ1) is 14.4. The Morgan fingerprint density at radius 3 is 2.17 bits per heavy atom. The lowest BCUT2D eigenvalue weighted by Crippen LogP contribution is -2.32. The van der Waals surface area contributed by atoms with Gasteiger partial charge in [0.25, 0.3) is 15.9 Å². The fourth-order valence-corrected chi connectivity index (χ4v) is 3.88. The minimum atomic E-state index is -3.71. The Labute approximate surface area is 177 Å². The van der Waals surface area contributed by atoms with Gasteiger partial charge in [0.1, 0.15) is 5.75 Å². The van der Waals surface area contributed by atoms with Crippen molar-refractivity contribution in [1.29, 1.82) is 0 Å². The van der Waals surface area contributed by atoms with Crippen molar-refractivity contribution in [2.24, 2.45) is 0 Å². The predicted molar refractivity (Wildman–Crippen MR) is 118 cm³/mol. The van der Waals surface area contributed by atoms with Gasteiger partial charge in [0, 0.05) is 11.4 Å². The molecule has 1 amide bonds. The van der Waals surface area contributed by atoms with Gasteiger partial charge in [0.05, 0.1) is 4.90 Å². The standard InChI is InChI=1S/C23H24N2O4S/c1-3-21(29-22-12-8-7-9-17(22)2)23(26)24-18-13-15-20(16-14-18)30(27,28)25-19-10-5-4-6-11-19/h4-16,21,25H,3H2,1-2H3,(H,24,26)/t21-/m0/s1. The van der Waals surface area contributed by atoms with Crippen LogP contribution in [0.4, 0.5) is 11.4 Å². The molecule has 3 rings (SSSR count). The Morgan fingerprint density at radius 2 is 1.53 bits per heavy atom. The van der Waals surface area contributed by atoms with Crippen LogP contribution in [0.15, 0.2) is 83.8 Å². The topological polar surface area (TPSA) is 84.5 Å². The molecule has 7 heteroatoms. The maximum Gasteiger partial charge on any atom is 0.265 e. The van der Waals surface area contributed by atoms with Crippen molar-refractivity contribution in [2.75, 3.05) is 10.0 Å². The van der Waals surface area contributed by atoms with E-state index in [1.165, 1.54) is 12.1 Å². The number of carbonyl (C=O) groups excluding carboxylic acids is 1. The molecule has 156 valence electrons. The highest BCUT2D eigenvalue weighted by atomic mass is 32.2. The second kappa shape index (κ2) is 9.45. The van der Waals surface area contributed by atoms with Crippen molar-refractivity contribution in [3.63, 3.8) is 0 Å². The summed E-state index contributed by atoms with van der Waals surface area (Å²) in [4.78, 5) is 12.7. The van der Waals surface area contributed by atoms with Crippen LogP contribution in [0.1, 0.15) is 18.9 Å². The molecule has 6 nitrogen and oxygen atoms in total. The minimum absolute atomic E-state index is 0.104. The number of hydrogen-bond acceptors (Lipinski definition) is 4. The molecule has 0 aromatic heterocycles. The van der Waals surface area contributed by atoms with Gasteiger partial charge in [-0.2, -0.15) is 0 Å². The molecule has 1 atom stereocenters. The molecule has 0 aliphatic heterocycles. The van der Waals surface area contributed by atoms with Crippen LogP contribution in [-0.4, -0.2) is 20.4 Å². The summed E-state index contributed by atoms with van der Waals surface area (Å²) >= 11 is 0. The molecule has 0 radical (unpaired) electrons. The molecule has 0 heterocycles. The van der Waals surface area contributed by atoms with Crippen molar-refractivity contribution < 1.29 is 17.9 Å². The highest BCUT2D eigenvalue weighted by Crippen LogP contribution is 2.21. The van der Waals surface area contributed by atoms with E-state index in [4.69, 9.17) is 4.74 Å². The van der Waals surface area contributed by atoms with Crippen molar-refractivity contribution in [1.82, 2.24) is 0 Å². The smallest absolute Gasteiger partial charge is 0.265 e. The molecule has 0 bridgehead atoms. The zero-order valence-electron chi connectivity index (χ0n) is 16.8. The van der Waals surface area contributed by atoms with E-state index in [-0.39, 0.29) is 10.8 Å². The number of sulfonamides is 1. The average Bonchev–Trinajstić information content (AvgIpc) is 2.74. The van der Waals surface area contributed by atoms with Crippen LogP contribution in [-0.2, 0) is 14.8 Å². The summed E-state index contributed by atoms with van der Waals surface area (Å²) < 4.78 is 33.4. The normalized spacial score (nSPS) is 12.1. The van der Waals surface area contributed by atoms with Crippen molar-refractivity contribution in [3.8, 4) is 5.75 Å². The van der Waals surface area contributed by atoms with Gasteiger partial charge in [0.2, 0.25) is 0 Å². The van der Waals surface area contributed by atoms with Gasteiger partial charge in [-0.05, 0) is 61.4 Å². The number of nitrogens with one attached hydrogen (secondary N) is 2. The van der Waals surface area contributed by atoms with Crippen molar-refractivity contribution >= 4 is 27.3 Å². The molecular formula is C23H24N2O4S. The Kier molecular flexibility index (Phi) is 6.74. The summed E-state index contributed by atoms with van der Waals surface area (Å²) in [5.41, 5.74) is 1.92. The van der Waals surface area contributed by atoms with E-state index in [0.717, 1.165) is 5.56 Å². The summed E-state index contributed by atoms with van der Waals surface area (Å²) in [6.45, 7) is 3.79. The lowest BCUT2D eigenvalue weighted by atomic mass is 10.2. The number of benzene rings is 3. The third-order valence-corrected chi connectivity index (χ3v) is 5.88. The third-order valence-electron chi connectivity index (χ3n) is 4.48. The molecule has 2 N–H and O–H groups in total. The molecule has 3 aromatic carbocycles. The van der Waals surface area contributed by atoms with Crippen LogP contribution in [0.5, 0.6) is 5.75 Å². The first kappa shape index (κ1) is 21.4. The number of ether oxygens (including phenoxy) is 1. The zero-order chi connectivity index (χ0) is 21.6. The number of para-hydroxylation sites is 2. The molecule has 0 fully saturated rings. The highest BCUT2D eigenvalue weighted by molar-refractivity contribution is 7.92. The van der Waals surface area contributed by atoms with Crippen LogP contribution in [0.2, 0.25) is 0 Å². The van der Waals surface area contributed by atoms with E-state index in [0.29, 0.717) is 23.5 Å². The van der Waals surface area contributed by atoms with E-state index < -0.39 is 16.1 Å². The predicted octanol–water partition coefficient (Wildman–Crippen LogP) is 4.59. The summed E-state index contributed by atoms with van der Waals surface area (Å²) in [5.74, 6) is 0.367. The summed E-state index contributed by atoms with van der Waals surface area (Å²) in [7, 11) is -3.71. The van der Waals surface area contributed by atoms with Crippen LogP contribution >= 0.6 is 0 Å². The third kappa shape index (κ3) is 5.39. The van der Waals surface area contributed by atoms with Gasteiger partial charge >= 0.3 is 0 Å². The lowest BCUT2D eigenvalue weighted by molar-refractivity contribution is -0.122. The number of rotatable bonds is 8. The van der Waals surface area contributed by atoms with Gasteiger partial charge in [-0.3, -0.25) is 9.52 Å². The maximum atomic E-state index is 12.6. The van der Waals surface area contributed by atoms with Gasteiger partial charge in [-0.25, -0.2) is 8.42 Å². The van der Waals surface area contributed by atoms with E-state index in [2.05, 4.69) is 10.0 Å². The van der Waals surface area contributed by atoms with Crippen molar-refractivity contribution in [3.05, 3.63) is 84.4 Å². The highest BCUT2D eigenvalue weighted by Gasteiger charge is 2.20. The van der Waals surface area contributed by atoms with E-state index in [1.54, 1.807) is 36.4 Å². The minimum Gasteiger partial charge on any atom is -0.480 e. The second-order valence-electron chi connectivity index (χ2n) is 6.77. The molecule has 30 heavy (non-hydrogen) atoms. The Hall–Kier alpha value is -3.32. The fourth-order valence-electron chi connectivity index (χ4n) is 2.82. The van der Waals surface area contributed by atoms with Gasteiger partial charge < -0.3 is 10.1 Å². The maximum absolute atomic E-state index is 12.6. The summed E-state index contributed by atoms with van der Waals surface area (Å²) in [6, 6.07) is 22.2. The number of carbonyl (C=O) groups is 1. The van der Waals surface area contributed by atoms with Crippen LogP contribution < -0.4 is 14.8 Å². The van der Waals surface area contributed by atoms with Crippen LogP contribution in [0.3, 0.4) is 0 Å². The van der Waals surface area contributed by atoms with E-state index in [1.807, 2.05) is 44.2 Å².